The summed E-state index contributed by atoms with van der Waals surface area (Å²) in [5, 5.41) is 0. The monoisotopic (exact) mass is 660 g/mol. The zero-order valence-corrected chi connectivity index (χ0v) is 31.5. The van der Waals surface area contributed by atoms with Crippen LogP contribution < -0.4 is 22.2 Å². The van der Waals surface area contributed by atoms with E-state index in [-0.39, 0.29) is 22.2 Å². The molecule has 0 atom stereocenters. The Morgan fingerprint density at radius 3 is 1.56 bits per heavy atom. The predicted molar refractivity (Wildman–Crippen MR) is 202 cm³/mol. The van der Waals surface area contributed by atoms with Gasteiger partial charge in [0.2, 0.25) is 0 Å². The number of hydrogen-bond acceptors (Lipinski definition) is 4. The molecular formula is C40H60N4O4. The average Bonchev–Trinajstić information content (AvgIpc) is 3.05. The van der Waals surface area contributed by atoms with Gasteiger partial charge < -0.3 is 18.3 Å². The van der Waals surface area contributed by atoms with Gasteiger partial charge in [0, 0.05) is 74.2 Å². The van der Waals surface area contributed by atoms with Gasteiger partial charge in [-0.1, -0.05) is 73.6 Å². The lowest BCUT2D eigenvalue weighted by atomic mass is 10.1. The van der Waals surface area contributed by atoms with Gasteiger partial charge in [0.05, 0.1) is 0 Å². The van der Waals surface area contributed by atoms with Crippen LogP contribution in [0.15, 0.2) is 92.4 Å². The number of nitrogens with zero attached hydrogens (tertiary/aromatic N) is 4. The Kier molecular flexibility index (Phi) is 18.2. The van der Waals surface area contributed by atoms with Crippen LogP contribution in [-0.2, 0) is 26.2 Å². The van der Waals surface area contributed by atoms with E-state index in [1.54, 1.807) is 31.9 Å². The summed E-state index contributed by atoms with van der Waals surface area (Å²) in [4.78, 5) is 45.5. The highest BCUT2D eigenvalue weighted by Crippen LogP contribution is 2.12. The van der Waals surface area contributed by atoms with Gasteiger partial charge in [0.25, 0.3) is 22.2 Å². The molecule has 0 N–H and O–H groups in total. The van der Waals surface area contributed by atoms with Gasteiger partial charge in [-0.3, -0.25) is 19.2 Å². The minimum absolute atomic E-state index is 0.0851. The van der Waals surface area contributed by atoms with Crippen LogP contribution in [-0.4, -0.2) is 18.3 Å². The summed E-state index contributed by atoms with van der Waals surface area (Å²) in [6, 6.07) is 16.5. The topological polar surface area (TPSA) is 88.0 Å². The highest BCUT2D eigenvalue weighted by Gasteiger charge is 2.06. The molecule has 0 aromatic carbocycles. The maximum absolute atomic E-state index is 11.6. The third-order valence-corrected chi connectivity index (χ3v) is 8.04. The highest BCUT2D eigenvalue weighted by atomic mass is 16.1. The van der Waals surface area contributed by atoms with Gasteiger partial charge in [-0.15, -0.1) is 0 Å². The smallest absolute Gasteiger partial charge is 0.253 e. The molecule has 48 heavy (non-hydrogen) atoms. The molecule has 0 aliphatic carbocycles. The molecule has 4 aromatic heterocycles. The van der Waals surface area contributed by atoms with Crippen molar-refractivity contribution >= 4 is 0 Å². The van der Waals surface area contributed by atoms with E-state index in [9.17, 15) is 19.2 Å². The first kappa shape index (κ1) is 41.8. The molecule has 0 amide bonds. The molecule has 4 aromatic rings. The second-order valence-electron chi connectivity index (χ2n) is 12.9. The number of aromatic nitrogens is 4. The van der Waals surface area contributed by atoms with Crippen molar-refractivity contribution in [1.29, 1.82) is 0 Å². The Bertz CT molecular complexity index is 1770. The van der Waals surface area contributed by atoms with Crippen molar-refractivity contribution < 1.29 is 0 Å². The van der Waals surface area contributed by atoms with Crippen LogP contribution in [0, 0.1) is 0 Å². The van der Waals surface area contributed by atoms with Crippen LogP contribution in [0.4, 0.5) is 0 Å². The van der Waals surface area contributed by atoms with E-state index in [0.29, 0.717) is 23.7 Å². The number of hydrogen-bond donors (Lipinski definition) is 0. The zero-order valence-electron chi connectivity index (χ0n) is 31.5. The summed E-state index contributed by atoms with van der Waals surface area (Å²) in [6.45, 7) is 27.6. The number of rotatable bonds is 8. The van der Waals surface area contributed by atoms with E-state index < -0.39 is 0 Å². The van der Waals surface area contributed by atoms with Crippen molar-refractivity contribution in [2.45, 2.75) is 133 Å². The Morgan fingerprint density at radius 1 is 0.500 bits per heavy atom. The molecule has 4 rings (SSSR count). The van der Waals surface area contributed by atoms with Crippen LogP contribution in [0.1, 0.15) is 129 Å². The Hall–Kier alpha value is -4.20. The molecule has 264 valence electrons. The lowest BCUT2D eigenvalue weighted by molar-refractivity contribution is 0.640. The third-order valence-electron chi connectivity index (χ3n) is 8.04. The van der Waals surface area contributed by atoms with Crippen molar-refractivity contribution in [2.75, 3.05) is 0 Å². The average molecular weight is 661 g/mol. The fraction of sp³-hybridized carbons (Fsp3) is 0.500. The lowest BCUT2D eigenvalue weighted by Gasteiger charge is -2.12. The minimum Gasteiger partial charge on any atom is -0.316 e. The lowest BCUT2D eigenvalue weighted by Crippen LogP contribution is -2.22. The quantitative estimate of drug-likeness (QED) is 0.192. The summed E-state index contributed by atoms with van der Waals surface area (Å²) < 4.78 is 6.97. The summed E-state index contributed by atoms with van der Waals surface area (Å²) in [7, 11) is 0. The summed E-state index contributed by atoms with van der Waals surface area (Å²) >= 11 is 0. The van der Waals surface area contributed by atoms with Crippen LogP contribution in [0.2, 0.25) is 0 Å². The first-order valence-corrected chi connectivity index (χ1v) is 17.4. The van der Waals surface area contributed by atoms with Crippen molar-refractivity contribution in [1.82, 2.24) is 18.3 Å². The zero-order chi connectivity index (χ0) is 36.6. The first-order chi connectivity index (χ1) is 22.6. The fourth-order valence-electron chi connectivity index (χ4n) is 4.90. The second kappa shape index (κ2) is 20.9. The van der Waals surface area contributed by atoms with E-state index in [4.69, 9.17) is 0 Å². The molecular weight excluding hydrogens is 600 g/mol. The Balaban J connectivity index is 0.000000320. The van der Waals surface area contributed by atoms with Gasteiger partial charge in [0.1, 0.15) is 0 Å². The minimum atomic E-state index is 0.0851. The predicted octanol–water partition coefficient (Wildman–Crippen LogP) is 7.97. The largest absolute Gasteiger partial charge is 0.316 e. The Morgan fingerprint density at radius 2 is 1.10 bits per heavy atom. The van der Waals surface area contributed by atoms with Gasteiger partial charge >= 0.3 is 0 Å². The maximum Gasteiger partial charge on any atom is 0.253 e. The van der Waals surface area contributed by atoms with E-state index >= 15 is 0 Å². The van der Waals surface area contributed by atoms with Gasteiger partial charge in [0.15, 0.2) is 0 Å². The first-order valence-electron chi connectivity index (χ1n) is 17.4. The van der Waals surface area contributed by atoms with Crippen molar-refractivity contribution in [2.24, 2.45) is 0 Å². The molecule has 0 aliphatic rings. The fourth-order valence-corrected chi connectivity index (χ4v) is 4.90. The molecule has 8 nitrogen and oxygen atoms in total. The SMILES string of the molecule is CCn1c(C(C)C)cccc1=O.CCn1cc(C(C)C)ccc1=O.CCn1ccc(C(C)C)cc1=O.CCn1cccc(C(C)C)c1=O. The summed E-state index contributed by atoms with van der Waals surface area (Å²) in [5.74, 6) is 1.66. The van der Waals surface area contributed by atoms with Crippen molar-refractivity contribution in [3.8, 4) is 0 Å². The van der Waals surface area contributed by atoms with Gasteiger partial charge in [-0.25, -0.2) is 0 Å². The van der Waals surface area contributed by atoms with Crippen molar-refractivity contribution in [3.05, 3.63) is 137 Å². The normalized spacial score (nSPS) is 10.7. The van der Waals surface area contributed by atoms with Crippen LogP contribution in [0.25, 0.3) is 0 Å². The molecule has 0 spiro atoms. The van der Waals surface area contributed by atoms with E-state index in [0.717, 1.165) is 43.0 Å². The molecule has 0 aliphatic heterocycles. The van der Waals surface area contributed by atoms with Crippen LogP contribution in [0.5, 0.6) is 0 Å². The highest BCUT2D eigenvalue weighted by molar-refractivity contribution is 5.16. The van der Waals surface area contributed by atoms with E-state index in [2.05, 4.69) is 41.5 Å². The molecule has 0 radical (unpaired) electrons. The van der Waals surface area contributed by atoms with Crippen LogP contribution >= 0.6 is 0 Å². The summed E-state index contributed by atoms with van der Waals surface area (Å²) in [6.07, 6.45) is 5.62. The third kappa shape index (κ3) is 12.8. The molecule has 8 heteroatoms. The van der Waals surface area contributed by atoms with E-state index in [1.165, 1.54) is 5.56 Å². The molecule has 4 heterocycles. The molecule has 0 saturated heterocycles. The Labute approximate surface area is 287 Å². The summed E-state index contributed by atoms with van der Waals surface area (Å²) in [5.41, 5.74) is 4.79. The molecule has 0 bridgehead atoms. The van der Waals surface area contributed by atoms with Gasteiger partial charge in [-0.2, -0.15) is 0 Å². The van der Waals surface area contributed by atoms with E-state index in [1.807, 2.05) is 101 Å². The van der Waals surface area contributed by atoms with Crippen molar-refractivity contribution in [3.63, 3.8) is 0 Å². The molecule has 0 saturated carbocycles. The number of aryl methyl sites for hydroxylation is 3. The second-order valence-corrected chi connectivity index (χ2v) is 12.9. The van der Waals surface area contributed by atoms with Gasteiger partial charge in [-0.05, 0) is 80.7 Å². The molecule has 0 unspecified atom stereocenters. The number of pyridine rings is 4. The molecule has 0 fully saturated rings. The standard InChI is InChI=1S/4C10H15NO/c1-4-11-6-5-9(8(2)3)7-10(11)12;1-4-11-7-9(8(2)3)5-6-10(11)12;1-4-11-7-5-6-9(8(2)3)10(11)12;1-4-11-9(8(2)3)6-5-7-10(11)12/h4*5-8H,4H2,1-3H3. The van der Waals surface area contributed by atoms with Crippen LogP contribution in [0.3, 0.4) is 0 Å². The maximum atomic E-state index is 11.6.